The largest absolute Gasteiger partial charge is 0.380 e. The van der Waals surface area contributed by atoms with Crippen molar-refractivity contribution in [2.45, 2.75) is 27.3 Å². The SMILES string of the molecule is CCOCCN(C)c1ccc(CNCC(C)C)cc1C#N. The topological polar surface area (TPSA) is 48.3 Å². The second-order valence-electron chi connectivity index (χ2n) is 5.61. The molecular formula is C17H27N3O. The van der Waals surface area contributed by atoms with Gasteiger partial charge >= 0.3 is 0 Å². The summed E-state index contributed by atoms with van der Waals surface area (Å²) in [7, 11) is 1.99. The van der Waals surface area contributed by atoms with Crippen LogP contribution in [0.1, 0.15) is 31.9 Å². The molecule has 0 atom stereocenters. The molecule has 116 valence electrons. The Balaban J connectivity index is 2.68. The van der Waals surface area contributed by atoms with E-state index in [0.717, 1.165) is 43.1 Å². The van der Waals surface area contributed by atoms with E-state index in [1.807, 2.05) is 26.1 Å². The summed E-state index contributed by atoms with van der Waals surface area (Å²) >= 11 is 0. The zero-order valence-corrected chi connectivity index (χ0v) is 13.6. The average molecular weight is 289 g/mol. The molecule has 0 saturated carbocycles. The lowest BCUT2D eigenvalue weighted by atomic mass is 10.1. The van der Waals surface area contributed by atoms with Gasteiger partial charge in [-0.25, -0.2) is 0 Å². The van der Waals surface area contributed by atoms with Crippen molar-refractivity contribution in [3.63, 3.8) is 0 Å². The van der Waals surface area contributed by atoms with E-state index >= 15 is 0 Å². The number of hydrogen-bond donors (Lipinski definition) is 1. The van der Waals surface area contributed by atoms with Crippen LogP contribution in [0.4, 0.5) is 5.69 Å². The van der Waals surface area contributed by atoms with Crippen LogP contribution in [-0.4, -0.2) is 33.4 Å². The minimum Gasteiger partial charge on any atom is -0.380 e. The van der Waals surface area contributed by atoms with Crippen LogP contribution in [0.2, 0.25) is 0 Å². The highest BCUT2D eigenvalue weighted by Gasteiger charge is 2.08. The van der Waals surface area contributed by atoms with Crippen molar-refractivity contribution in [2.75, 3.05) is 38.3 Å². The molecule has 0 amide bonds. The van der Waals surface area contributed by atoms with Gasteiger partial charge in [-0.15, -0.1) is 0 Å². The molecule has 0 bridgehead atoms. The molecular weight excluding hydrogens is 262 g/mol. The number of nitriles is 1. The van der Waals surface area contributed by atoms with Crippen LogP contribution in [0.3, 0.4) is 0 Å². The Hall–Kier alpha value is -1.57. The van der Waals surface area contributed by atoms with E-state index in [-0.39, 0.29) is 0 Å². The standard InChI is InChI=1S/C17H27N3O/c1-5-21-9-8-20(4)17-7-6-15(10-16(17)11-18)13-19-12-14(2)3/h6-7,10,14,19H,5,8-9,12-13H2,1-4H3. The van der Waals surface area contributed by atoms with Gasteiger partial charge in [0.15, 0.2) is 0 Å². The summed E-state index contributed by atoms with van der Waals surface area (Å²) in [6.07, 6.45) is 0. The predicted octanol–water partition coefficient (Wildman–Crippen LogP) is 2.78. The molecule has 0 unspecified atom stereocenters. The van der Waals surface area contributed by atoms with Gasteiger partial charge in [0.05, 0.1) is 17.9 Å². The number of nitrogens with one attached hydrogen (secondary N) is 1. The molecule has 1 aromatic carbocycles. The van der Waals surface area contributed by atoms with E-state index in [9.17, 15) is 5.26 Å². The molecule has 0 aromatic heterocycles. The van der Waals surface area contributed by atoms with Gasteiger partial charge in [0.25, 0.3) is 0 Å². The Labute approximate surface area is 128 Å². The first-order valence-corrected chi connectivity index (χ1v) is 7.61. The number of anilines is 1. The number of ether oxygens (including phenoxy) is 1. The van der Waals surface area contributed by atoms with Crippen LogP contribution in [0.25, 0.3) is 0 Å². The third kappa shape index (κ3) is 6.16. The lowest BCUT2D eigenvalue weighted by molar-refractivity contribution is 0.154. The van der Waals surface area contributed by atoms with Crippen molar-refractivity contribution < 1.29 is 4.74 Å². The van der Waals surface area contributed by atoms with E-state index in [0.29, 0.717) is 12.5 Å². The molecule has 0 spiro atoms. The maximum atomic E-state index is 9.35. The zero-order valence-electron chi connectivity index (χ0n) is 13.6. The summed E-state index contributed by atoms with van der Waals surface area (Å²) in [5, 5.41) is 12.7. The highest BCUT2D eigenvalue weighted by Crippen LogP contribution is 2.20. The third-order valence-corrected chi connectivity index (χ3v) is 3.25. The van der Waals surface area contributed by atoms with Crippen molar-refractivity contribution in [3.8, 4) is 6.07 Å². The quantitative estimate of drug-likeness (QED) is 0.710. The van der Waals surface area contributed by atoms with Gasteiger partial charge in [-0.2, -0.15) is 5.26 Å². The molecule has 1 rings (SSSR count). The normalized spacial score (nSPS) is 10.7. The molecule has 4 heteroatoms. The monoisotopic (exact) mass is 289 g/mol. The summed E-state index contributed by atoms with van der Waals surface area (Å²) in [5.41, 5.74) is 2.83. The van der Waals surface area contributed by atoms with Gasteiger partial charge in [0.1, 0.15) is 6.07 Å². The first kappa shape index (κ1) is 17.5. The first-order valence-electron chi connectivity index (χ1n) is 7.61. The molecule has 0 saturated heterocycles. The van der Waals surface area contributed by atoms with Crippen LogP contribution in [0.15, 0.2) is 18.2 Å². The van der Waals surface area contributed by atoms with E-state index in [2.05, 4.69) is 36.2 Å². The number of rotatable bonds is 9. The first-order chi connectivity index (χ1) is 10.1. The molecule has 0 aliphatic carbocycles. The molecule has 1 N–H and O–H groups in total. The van der Waals surface area contributed by atoms with Crippen LogP contribution >= 0.6 is 0 Å². The zero-order chi connectivity index (χ0) is 15.7. The lowest BCUT2D eigenvalue weighted by Crippen LogP contribution is -2.23. The predicted molar refractivity (Wildman–Crippen MR) is 87.5 cm³/mol. The second kappa shape index (κ2) is 9.38. The highest BCUT2D eigenvalue weighted by atomic mass is 16.5. The molecule has 0 aliphatic rings. The number of nitrogens with zero attached hydrogens (tertiary/aromatic N) is 2. The van der Waals surface area contributed by atoms with Gasteiger partial charge in [0.2, 0.25) is 0 Å². The molecule has 21 heavy (non-hydrogen) atoms. The minimum atomic E-state index is 0.629. The van der Waals surface area contributed by atoms with Crippen molar-refractivity contribution >= 4 is 5.69 Å². The Morgan fingerprint density at radius 3 is 2.76 bits per heavy atom. The van der Waals surface area contributed by atoms with E-state index in [4.69, 9.17) is 4.74 Å². The summed E-state index contributed by atoms with van der Waals surface area (Å²) in [6, 6.07) is 8.38. The van der Waals surface area contributed by atoms with Crippen LogP contribution in [0.5, 0.6) is 0 Å². The summed E-state index contributed by atoms with van der Waals surface area (Å²) in [4.78, 5) is 2.07. The maximum Gasteiger partial charge on any atom is 0.101 e. The van der Waals surface area contributed by atoms with Crippen LogP contribution in [0, 0.1) is 17.2 Å². The van der Waals surface area contributed by atoms with Gasteiger partial charge < -0.3 is 15.0 Å². The van der Waals surface area contributed by atoms with Crippen molar-refractivity contribution in [1.82, 2.24) is 5.32 Å². The van der Waals surface area contributed by atoms with Gasteiger partial charge in [-0.3, -0.25) is 0 Å². The van der Waals surface area contributed by atoms with Crippen molar-refractivity contribution in [2.24, 2.45) is 5.92 Å². The fourth-order valence-electron chi connectivity index (χ4n) is 2.09. The van der Waals surface area contributed by atoms with E-state index < -0.39 is 0 Å². The smallest absolute Gasteiger partial charge is 0.101 e. The van der Waals surface area contributed by atoms with Crippen LogP contribution < -0.4 is 10.2 Å². The molecule has 4 nitrogen and oxygen atoms in total. The van der Waals surface area contributed by atoms with Crippen molar-refractivity contribution in [3.05, 3.63) is 29.3 Å². The summed E-state index contributed by atoms with van der Waals surface area (Å²) in [5.74, 6) is 0.629. The highest BCUT2D eigenvalue weighted by molar-refractivity contribution is 5.60. The minimum absolute atomic E-state index is 0.629. The Kier molecular flexibility index (Phi) is 7.81. The fourth-order valence-corrected chi connectivity index (χ4v) is 2.09. The molecule has 0 fully saturated rings. The summed E-state index contributed by atoms with van der Waals surface area (Å²) in [6.45, 7) is 10.3. The fraction of sp³-hybridized carbons (Fsp3) is 0.588. The number of likely N-dealkylation sites (N-methyl/N-ethyl adjacent to an activating group) is 1. The van der Waals surface area contributed by atoms with Crippen molar-refractivity contribution in [1.29, 1.82) is 5.26 Å². The van der Waals surface area contributed by atoms with E-state index in [1.54, 1.807) is 0 Å². The number of hydrogen-bond acceptors (Lipinski definition) is 4. The van der Waals surface area contributed by atoms with Crippen LogP contribution in [-0.2, 0) is 11.3 Å². The maximum absolute atomic E-state index is 9.35. The van der Waals surface area contributed by atoms with Gasteiger partial charge in [0, 0.05) is 26.7 Å². The Bertz CT molecular complexity index is 466. The average Bonchev–Trinajstić information content (AvgIpc) is 2.46. The van der Waals surface area contributed by atoms with Gasteiger partial charge in [-0.05, 0) is 37.1 Å². The molecule has 0 heterocycles. The molecule has 0 aliphatic heterocycles. The Morgan fingerprint density at radius 2 is 2.14 bits per heavy atom. The molecule has 0 radical (unpaired) electrons. The molecule has 1 aromatic rings. The Morgan fingerprint density at radius 1 is 1.38 bits per heavy atom. The third-order valence-electron chi connectivity index (χ3n) is 3.25. The number of benzene rings is 1. The lowest BCUT2D eigenvalue weighted by Gasteiger charge is -2.21. The second-order valence-corrected chi connectivity index (χ2v) is 5.61. The summed E-state index contributed by atoms with van der Waals surface area (Å²) < 4.78 is 5.36. The van der Waals surface area contributed by atoms with Gasteiger partial charge in [-0.1, -0.05) is 19.9 Å². The van der Waals surface area contributed by atoms with E-state index in [1.165, 1.54) is 0 Å².